The Balaban J connectivity index is 0.00000312. The number of nitrogens with one attached hydrogen (secondary N) is 2. The van der Waals surface area contributed by atoms with Crippen molar-refractivity contribution in [1.29, 1.82) is 0 Å². The average Bonchev–Trinajstić information content (AvgIpc) is 3.12. The van der Waals surface area contributed by atoms with Gasteiger partial charge in [0.2, 0.25) is 0 Å². The minimum absolute atomic E-state index is 0. The van der Waals surface area contributed by atoms with E-state index in [4.69, 9.17) is 4.74 Å². The largest absolute Gasteiger partial charge is 0.380 e. The van der Waals surface area contributed by atoms with Gasteiger partial charge < -0.3 is 15.4 Å². The normalized spacial score (nSPS) is 11.8. The van der Waals surface area contributed by atoms with E-state index >= 15 is 0 Å². The van der Waals surface area contributed by atoms with Crippen molar-refractivity contribution in [2.24, 2.45) is 4.99 Å². The number of nitrogens with zero attached hydrogens (tertiary/aromatic N) is 1. The molecule has 2 aromatic rings. The van der Waals surface area contributed by atoms with Crippen LogP contribution in [0.15, 0.2) is 46.8 Å². The average molecular weight is 473 g/mol. The summed E-state index contributed by atoms with van der Waals surface area (Å²) < 4.78 is 5.13. The molecule has 0 radical (unpaired) electrons. The molecule has 0 aliphatic carbocycles. The van der Waals surface area contributed by atoms with Crippen LogP contribution in [0.4, 0.5) is 0 Å². The predicted molar refractivity (Wildman–Crippen MR) is 118 cm³/mol. The number of hydrogen-bond acceptors (Lipinski definition) is 3. The van der Waals surface area contributed by atoms with Crippen LogP contribution in [0.5, 0.6) is 0 Å². The lowest BCUT2D eigenvalue weighted by Crippen LogP contribution is -2.42. The molecule has 2 N–H and O–H groups in total. The van der Waals surface area contributed by atoms with Crippen molar-refractivity contribution in [2.75, 3.05) is 20.7 Å². The molecule has 1 heterocycles. The highest BCUT2D eigenvalue weighted by Crippen LogP contribution is 2.26. The molecule has 0 fully saturated rings. The van der Waals surface area contributed by atoms with Crippen LogP contribution in [-0.2, 0) is 23.3 Å². The zero-order chi connectivity index (χ0) is 17.4. The first-order valence-corrected chi connectivity index (χ1v) is 8.98. The van der Waals surface area contributed by atoms with Gasteiger partial charge in [0.15, 0.2) is 5.96 Å². The highest BCUT2D eigenvalue weighted by atomic mass is 127. The Bertz CT molecular complexity index is 639. The molecular weight excluding hydrogens is 445 g/mol. The topological polar surface area (TPSA) is 45.7 Å². The Morgan fingerprint density at radius 2 is 1.80 bits per heavy atom. The van der Waals surface area contributed by atoms with Gasteiger partial charge in [0.25, 0.3) is 0 Å². The van der Waals surface area contributed by atoms with Crippen LogP contribution in [0.2, 0.25) is 0 Å². The molecule has 0 atom stereocenters. The minimum atomic E-state index is 0. The number of aliphatic imine (C=N–C) groups is 1. The van der Waals surface area contributed by atoms with E-state index in [1.54, 1.807) is 25.5 Å². The summed E-state index contributed by atoms with van der Waals surface area (Å²) in [5.74, 6) is 0.820. The third-order valence-corrected chi connectivity index (χ3v) is 5.14. The number of halogens is 1. The van der Waals surface area contributed by atoms with Crippen molar-refractivity contribution in [1.82, 2.24) is 10.6 Å². The lowest BCUT2D eigenvalue weighted by Gasteiger charge is -2.25. The van der Waals surface area contributed by atoms with Crippen molar-refractivity contribution < 1.29 is 4.74 Å². The van der Waals surface area contributed by atoms with Gasteiger partial charge >= 0.3 is 0 Å². The number of hydrogen-bond donors (Lipinski definition) is 2. The standard InChI is InChI=1S/C19H27N3OS.HI/c1-19(2,17-6-5-11-24-17)14-22-18(20-3)21-12-15-7-9-16(10-8-15)13-23-4;/h5-11H,12-14H2,1-4H3,(H2,20,21,22);1H. The predicted octanol–water partition coefficient (Wildman–Crippen LogP) is 4.16. The molecule has 1 aromatic carbocycles. The fourth-order valence-electron chi connectivity index (χ4n) is 2.38. The molecule has 138 valence electrons. The Labute approximate surface area is 172 Å². The van der Waals surface area contributed by atoms with Crippen molar-refractivity contribution in [3.8, 4) is 0 Å². The summed E-state index contributed by atoms with van der Waals surface area (Å²) in [6.45, 7) is 6.71. The highest BCUT2D eigenvalue weighted by Gasteiger charge is 2.21. The zero-order valence-corrected chi connectivity index (χ0v) is 18.5. The van der Waals surface area contributed by atoms with E-state index in [0.29, 0.717) is 6.61 Å². The Morgan fingerprint density at radius 3 is 2.36 bits per heavy atom. The van der Waals surface area contributed by atoms with E-state index in [1.807, 2.05) is 0 Å². The molecule has 0 spiro atoms. The zero-order valence-electron chi connectivity index (χ0n) is 15.3. The SMILES string of the molecule is CN=C(NCc1ccc(COC)cc1)NCC(C)(C)c1cccs1.I. The van der Waals surface area contributed by atoms with Crippen molar-refractivity contribution in [3.05, 3.63) is 57.8 Å². The van der Waals surface area contributed by atoms with Crippen LogP contribution in [0.25, 0.3) is 0 Å². The Hall–Kier alpha value is -1.12. The molecule has 0 amide bonds. The first kappa shape index (κ1) is 21.9. The fraction of sp³-hybridized carbons (Fsp3) is 0.421. The number of benzene rings is 1. The summed E-state index contributed by atoms with van der Waals surface area (Å²) in [6, 6.07) is 12.7. The number of rotatable bonds is 7. The van der Waals surface area contributed by atoms with Gasteiger partial charge in [0.1, 0.15) is 0 Å². The maximum absolute atomic E-state index is 5.13. The second-order valence-corrected chi connectivity index (χ2v) is 7.34. The number of methoxy groups -OCH3 is 1. The molecule has 0 aliphatic rings. The summed E-state index contributed by atoms with van der Waals surface area (Å²) in [5, 5.41) is 8.91. The van der Waals surface area contributed by atoms with Crippen LogP contribution in [0.3, 0.4) is 0 Å². The third kappa shape index (κ3) is 6.95. The van der Waals surface area contributed by atoms with Gasteiger partial charge in [-0.05, 0) is 22.6 Å². The summed E-state index contributed by atoms with van der Waals surface area (Å²) in [5.41, 5.74) is 2.48. The fourth-order valence-corrected chi connectivity index (χ4v) is 3.23. The quantitative estimate of drug-likeness (QED) is 0.361. The lowest BCUT2D eigenvalue weighted by atomic mass is 9.91. The Morgan fingerprint density at radius 1 is 1.12 bits per heavy atom. The number of thiophene rings is 1. The second kappa shape index (κ2) is 10.8. The van der Waals surface area contributed by atoms with Crippen LogP contribution in [-0.4, -0.2) is 26.7 Å². The summed E-state index contributed by atoms with van der Waals surface area (Å²) in [7, 11) is 3.51. The van der Waals surface area contributed by atoms with Crippen LogP contribution in [0, 0.1) is 0 Å². The van der Waals surface area contributed by atoms with Crippen molar-refractivity contribution in [3.63, 3.8) is 0 Å². The summed E-state index contributed by atoms with van der Waals surface area (Å²) in [6.07, 6.45) is 0. The highest BCUT2D eigenvalue weighted by molar-refractivity contribution is 14.0. The van der Waals surface area contributed by atoms with E-state index in [2.05, 4.69) is 71.3 Å². The molecule has 6 heteroatoms. The maximum Gasteiger partial charge on any atom is 0.191 e. The van der Waals surface area contributed by atoms with E-state index in [9.17, 15) is 0 Å². The van der Waals surface area contributed by atoms with Gasteiger partial charge in [-0.1, -0.05) is 44.2 Å². The van der Waals surface area contributed by atoms with Crippen LogP contribution < -0.4 is 10.6 Å². The molecule has 1 aromatic heterocycles. The van der Waals surface area contributed by atoms with Gasteiger partial charge in [-0.15, -0.1) is 35.3 Å². The van der Waals surface area contributed by atoms with Gasteiger partial charge in [-0.3, -0.25) is 4.99 Å². The van der Waals surface area contributed by atoms with Gasteiger partial charge in [0.05, 0.1) is 6.61 Å². The minimum Gasteiger partial charge on any atom is -0.380 e. The summed E-state index contributed by atoms with van der Waals surface area (Å²) in [4.78, 5) is 5.69. The van der Waals surface area contributed by atoms with E-state index in [1.165, 1.54) is 16.0 Å². The first-order chi connectivity index (χ1) is 11.5. The molecule has 2 rings (SSSR count). The molecule has 0 saturated carbocycles. The van der Waals surface area contributed by atoms with Gasteiger partial charge in [-0.2, -0.15) is 0 Å². The van der Waals surface area contributed by atoms with E-state index < -0.39 is 0 Å². The van der Waals surface area contributed by atoms with Gasteiger partial charge in [-0.25, -0.2) is 0 Å². The van der Waals surface area contributed by atoms with Crippen molar-refractivity contribution >= 4 is 41.3 Å². The van der Waals surface area contributed by atoms with Crippen LogP contribution in [0.1, 0.15) is 29.9 Å². The molecular formula is C19H28IN3OS. The third-order valence-electron chi connectivity index (χ3n) is 3.90. The monoisotopic (exact) mass is 473 g/mol. The van der Waals surface area contributed by atoms with E-state index in [-0.39, 0.29) is 29.4 Å². The molecule has 4 nitrogen and oxygen atoms in total. The summed E-state index contributed by atoms with van der Waals surface area (Å²) >= 11 is 1.79. The van der Waals surface area contributed by atoms with Crippen molar-refractivity contribution in [2.45, 2.75) is 32.4 Å². The molecule has 0 aliphatic heterocycles. The van der Waals surface area contributed by atoms with Crippen LogP contribution >= 0.6 is 35.3 Å². The maximum atomic E-state index is 5.13. The smallest absolute Gasteiger partial charge is 0.191 e. The number of guanidine groups is 1. The first-order valence-electron chi connectivity index (χ1n) is 8.10. The molecule has 0 bridgehead atoms. The Kier molecular flexibility index (Phi) is 9.45. The molecule has 25 heavy (non-hydrogen) atoms. The van der Waals surface area contributed by atoms with E-state index in [0.717, 1.165) is 19.0 Å². The second-order valence-electron chi connectivity index (χ2n) is 6.39. The molecule has 0 unspecified atom stereocenters. The van der Waals surface area contributed by atoms with Gasteiger partial charge in [0, 0.05) is 37.5 Å². The lowest BCUT2D eigenvalue weighted by molar-refractivity contribution is 0.185. The number of ether oxygens (including phenoxy) is 1. The molecule has 0 saturated heterocycles.